The third-order valence-corrected chi connectivity index (χ3v) is 4.79. The molecule has 0 aromatic carbocycles. The van der Waals surface area contributed by atoms with Gasteiger partial charge in [0.05, 0.1) is 22.8 Å². The summed E-state index contributed by atoms with van der Waals surface area (Å²) >= 11 is 7.27. The van der Waals surface area contributed by atoms with E-state index in [4.69, 9.17) is 17.2 Å². The van der Waals surface area contributed by atoms with Gasteiger partial charge >= 0.3 is 0 Å². The summed E-state index contributed by atoms with van der Waals surface area (Å²) in [5.41, 5.74) is 3.07. The molecule has 0 radical (unpaired) electrons. The van der Waals surface area contributed by atoms with Gasteiger partial charge < -0.3 is 4.90 Å². The number of anilines is 1. The number of rotatable bonds is 2. The van der Waals surface area contributed by atoms with Crippen molar-refractivity contribution >= 4 is 34.4 Å². The molecular weight excluding hydrogens is 298 g/mol. The van der Waals surface area contributed by atoms with Gasteiger partial charge in [-0.2, -0.15) is 0 Å². The van der Waals surface area contributed by atoms with Gasteiger partial charge in [-0.1, -0.05) is 24.4 Å². The van der Waals surface area contributed by atoms with Crippen LogP contribution in [0.1, 0.15) is 11.3 Å². The number of thiocarbonyl (C=S) groups is 1. The van der Waals surface area contributed by atoms with Gasteiger partial charge in [-0.15, -0.1) is 11.3 Å². The van der Waals surface area contributed by atoms with Crippen LogP contribution >= 0.6 is 23.6 Å². The first-order chi connectivity index (χ1) is 10.3. The minimum atomic E-state index is 0.685. The van der Waals surface area contributed by atoms with E-state index in [2.05, 4.69) is 22.5 Å². The van der Waals surface area contributed by atoms with Crippen LogP contribution in [0.25, 0.3) is 10.6 Å². The molecule has 1 aliphatic rings. The number of aromatic nitrogens is 2. The van der Waals surface area contributed by atoms with Crippen molar-refractivity contribution in [1.29, 1.82) is 0 Å². The fraction of sp³-hybridized carbons (Fsp3) is 0.0625. The highest BCUT2D eigenvalue weighted by molar-refractivity contribution is 7.81. The largest absolute Gasteiger partial charge is 0.311 e. The van der Waals surface area contributed by atoms with Gasteiger partial charge in [0.1, 0.15) is 10.8 Å². The van der Waals surface area contributed by atoms with Crippen LogP contribution in [-0.4, -0.2) is 15.0 Å². The van der Waals surface area contributed by atoms with Gasteiger partial charge in [-0.05, 0) is 35.7 Å². The van der Waals surface area contributed by atoms with Crippen molar-refractivity contribution in [1.82, 2.24) is 9.97 Å². The molecule has 0 fully saturated rings. The van der Waals surface area contributed by atoms with E-state index in [9.17, 15) is 0 Å². The molecule has 3 nitrogen and oxygen atoms in total. The van der Waals surface area contributed by atoms with Crippen molar-refractivity contribution in [3.8, 4) is 10.6 Å². The van der Waals surface area contributed by atoms with Crippen LogP contribution in [0.15, 0.2) is 54.0 Å². The number of fused-ring (bicyclic) bond motifs is 1. The molecule has 0 unspecified atom stereocenters. The quantitative estimate of drug-likeness (QED) is 0.671. The number of hydrogen-bond acceptors (Lipinski definition) is 4. The maximum Gasteiger partial charge on any atom is 0.133 e. The molecule has 4 rings (SSSR count). The predicted molar refractivity (Wildman–Crippen MR) is 89.7 cm³/mol. The van der Waals surface area contributed by atoms with E-state index >= 15 is 0 Å². The number of thiophene rings is 1. The highest BCUT2D eigenvalue weighted by atomic mass is 32.1. The lowest BCUT2D eigenvalue weighted by molar-refractivity contribution is 0.978. The van der Waals surface area contributed by atoms with Crippen LogP contribution in [-0.2, 0) is 6.54 Å². The molecular formula is C16H11N3S2. The fourth-order valence-electron chi connectivity index (χ4n) is 2.44. The molecule has 0 spiro atoms. The highest BCUT2D eigenvalue weighted by Crippen LogP contribution is 2.30. The molecule has 0 bridgehead atoms. The zero-order valence-electron chi connectivity index (χ0n) is 11.1. The topological polar surface area (TPSA) is 29.0 Å². The lowest BCUT2D eigenvalue weighted by atomic mass is 10.2. The van der Waals surface area contributed by atoms with E-state index in [1.165, 1.54) is 4.88 Å². The van der Waals surface area contributed by atoms with Gasteiger partial charge in [-0.25, -0.2) is 9.97 Å². The third kappa shape index (κ3) is 2.14. The monoisotopic (exact) mass is 309 g/mol. The average Bonchev–Trinajstić information content (AvgIpc) is 3.16. The molecule has 3 aromatic heterocycles. The van der Waals surface area contributed by atoms with Crippen LogP contribution in [0, 0.1) is 0 Å². The molecule has 0 atom stereocenters. The van der Waals surface area contributed by atoms with E-state index in [1.54, 1.807) is 17.5 Å². The maximum absolute atomic E-state index is 5.57. The van der Waals surface area contributed by atoms with Crippen molar-refractivity contribution in [3.05, 3.63) is 65.3 Å². The Morgan fingerprint density at radius 1 is 1.10 bits per heavy atom. The molecule has 0 aliphatic carbocycles. The molecule has 4 heterocycles. The normalized spacial score (nSPS) is 13.5. The molecule has 0 saturated heterocycles. The summed E-state index contributed by atoms with van der Waals surface area (Å²) in [6, 6.07) is 14.1. The summed E-state index contributed by atoms with van der Waals surface area (Å²) in [6.07, 6.45) is 1.78. The minimum Gasteiger partial charge on any atom is -0.311 e. The van der Waals surface area contributed by atoms with Crippen molar-refractivity contribution in [3.63, 3.8) is 0 Å². The van der Waals surface area contributed by atoms with Crippen LogP contribution in [0.2, 0.25) is 0 Å². The molecule has 0 N–H and O–H groups in total. The second-order valence-corrected chi connectivity index (χ2v) is 6.08. The molecule has 102 valence electrons. The second kappa shape index (κ2) is 5.02. The number of hydrogen-bond donors (Lipinski definition) is 0. The van der Waals surface area contributed by atoms with Gasteiger partial charge in [0, 0.05) is 11.8 Å². The first-order valence-corrected chi connectivity index (χ1v) is 7.88. The Bertz CT molecular complexity index is 798. The lowest BCUT2D eigenvalue weighted by Crippen LogP contribution is -2.22. The van der Waals surface area contributed by atoms with Crippen LogP contribution in [0.4, 0.5) is 5.82 Å². The standard InChI is InChI=1S/C16H11N3S2/c20-16-11-6-7-12(14-4-3-9-21-14)18-13(11)10-19(16)15-5-1-2-8-17-15/h1-9H,10H2. The zero-order valence-corrected chi connectivity index (χ0v) is 12.7. The Morgan fingerprint density at radius 3 is 2.81 bits per heavy atom. The molecule has 5 heteroatoms. The van der Waals surface area contributed by atoms with Gasteiger partial charge in [0.15, 0.2) is 0 Å². The smallest absolute Gasteiger partial charge is 0.133 e. The van der Waals surface area contributed by atoms with Crippen LogP contribution in [0.5, 0.6) is 0 Å². The fourth-order valence-corrected chi connectivity index (χ4v) is 3.48. The average molecular weight is 309 g/mol. The van der Waals surface area contributed by atoms with E-state index in [0.717, 1.165) is 27.8 Å². The van der Waals surface area contributed by atoms with Gasteiger partial charge in [-0.3, -0.25) is 0 Å². The molecule has 0 saturated carbocycles. The van der Waals surface area contributed by atoms with E-state index < -0.39 is 0 Å². The molecule has 3 aromatic rings. The molecule has 1 aliphatic heterocycles. The van der Waals surface area contributed by atoms with Crippen LogP contribution < -0.4 is 4.90 Å². The third-order valence-electron chi connectivity index (χ3n) is 3.46. The van der Waals surface area contributed by atoms with E-state index in [0.29, 0.717) is 6.54 Å². The summed E-state index contributed by atoms with van der Waals surface area (Å²) in [4.78, 5) is 13.2. The summed E-state index contributed by atoms with van der Waals surface area (Å²) in [5, 5.41) is 2.06. The Balaban J connectivity index is 1.73. The predicted octanol–water partition coefficient (Wildman–Crippen LogP) is 3.90. The Kier molecular flexibility index (Phi) is 3.02. The van der Waals surface area contributed by atoms with Crippen molar-refractivity contribution in [2.45, 2.75) is 6.54 Å². The maximum atomic E-state index is 5.57. The van der Waals surface area contributed by atoms with E-state index in [-0.39, 0.29) is 0 Å². The zero-order chi connectivity index (χ0) is 14.2. The van der Waals surface area contributed by atoms with Gasteiger partial charge in [0.2, 0.25) is 0 Å². The Hall–Kier alpha value is -2.11. The van der Waals surface area contributed by atoms with Gasteiger partial charge in [0.25, 0.3) is 0 Å². The first-order valence-electron chi connectivity index (χ1n) is 6.59. The summed E-state index contributed by atoms with van der Waals surface area (Å²) in [6.45, 7) is 0.685. The first kappa shape index (κ1) is 12.6. The van der Waals surface area contributed by atoms with Crippen molar-refractivity contribution in [2.75, 3.05) is 4.90 Å². The highest BCUT2D eigenvalue weighted by Gasteiger charge is 2.27. The Morgan fingerprint density at radius 2 is 2.05 bits per heavy atom. The van der Waals surface area contributed by atoms with Crippen molar-refractivity contribution in [2.24, 2.45) is 0 Å². The molecule has 21 heavy (non-hydrogen) atoms. The summed E-state index contributed by atoms with van der Waals surface area (Å²) in [7, 11) is 0. The van der Waals surface area contributed by atoms with E-state index in [1.807, 2.05) is 35.2 Å². The van der Waals surface area contributed by atoms with Crippen molar-refractivity contribution < 1.29 is 0 Å². The summed E-state index contributed by atoms with van der Waals surface area (Å²) < 4.78 is 0. The number of pyridine rings is 2. The lowest BCUT2D eigenvalue weighted by Gasteiger charge is -2.15. The Labute approximate surface area is 131 Å². The van der Waals surface area contributed by atoms with Crippen LogP contribution in [0.3, 0.4) is 0 Å². The number of nitrogens with zero attached hydrogens (tertiary/aromatic N) is 3. The SMILES string of the molecule is S=C1c2ccc(-c3cccs3)nc2CN1c1ccccn1. The minimum absolute atomic E-state index is 0.685. The summed E-state index contributed by atoms with van der Waals surface area (Å²) in [5.74, 6) is 0.873. The molecule has 0 amide bonds. The second-order valence-electron chi connectivity index (χ2n) is 4.75.